The van der Waals surface area contributed by atoms with E-state index in [0.29, 0.717) is 12.1 Å². The van der Waals surface area contributed by atoms with Crippen molar-refractivity contribution in [2.75, 3.05) is 14.2 Å². The summed E-state index contributed by atoms with van der Waals surface area (Å²) in [5.41, 5.74) is 1.66. The highest BCUT2D eigenvalue weighted by molar-refractivity contribution is 5.91. The number of hydrogen-bond acceptors (Lipinski definition) is 4. The minimum Gasteiger partial charge on any atom is -0.465 e. The van der Waals surface area contributed by atoms with E-state index in [2.05, 4.69) is 0 Å². The van der Waals surface area contributed by atoms with Crippen LogP contribution in [-0.2, 0) is 16.0 Å². The first-order valence-corrected chi connectivity index (χ1v) is 7.76. The summed E-state index contributed by atoms with van der Waals surface area (Å²) < 4.78 is 10.0. The molecule has 1 amide bonds. The van der Waals surface area contributed by atoms with Crippen molar-refractivity contribution >= 4 is 12.1 Å². The molecule has 1 rings (SSSR count). The van der Waals surface area contributed by atoms with Crippen molar-refractivity contribution in [3.63, 3.8) is 0 Å². The van der Waals surface area contributed by atoms with Crippen LogP contribution < -0.4 is 0 Å². The first kappa shape index (κ1) is 21.0. The van der Waals surface area contributed by atoms with Crippen molar-refractivity contribution < 1.29 is 19.1 Å². The van der Waals surface area contributed by atoms with Gasteiger partial charge in [0.15, 0.2) is 0 Å². The minimum absolute atomic E-state index is 0.360. The zero-order chi connectivity index (χ0) is 18.2. The van der Waals surface area contributed by atoms with Gasteiger partial charge < -0.3 is 14.4 Å². The second kappa shape index (κ2) is 9.18. The summed E-state index contributed by atoms with van der Waals surface area (Å²) in [4.78, 5) is 25.1. The third-order valence-electron chi connectivity index (χ3n) is 2.83. The standard InChI is InChI=1S/C16H23NO4.C2H6/c1-11-7-8-12(9-13(11)14(18)20-6)10-17(5)15(19)21-16(2,3)4;1-2/h7-9H,10H2,1-6H3;1-2H3. The molecular weight excluding hydrogens is 294 g/mol. The van der Waals surface area contributed by atoms with Gasteiger partial charge in [-0.25, -0.2) is 9.59 Å². The lowest BCUT2D eigenvalue weighted by molar-refractivity contribution is 0.0285. The molecule has 0 N–H and O–H groups in total. The number of esters is 1. The molecule has 0 aliphatic rings. The second-order valence-electron chi connectivity index (χ2n) is 5.98. The maximum absolute atomic E-state index is 11.9. The van der Waals surface area contributed by atoms with E-state index >= 15 is 0 Å². The molecule has 0 radical (unpaired) electrons. The number of ether oxygens (including phenoxy) is 2. The van der Waals surface area contributed by atoms with Gasteiger partial charge in [-0.15, -0.1) is 0 Å². The Bertz CT molecular complexity index is 532. The Balaban J connectivity index is 0.00000232. The van der Waals surface area contributed by atoms with E-state index in [0.717, 1.165) is 11.1 Å². The average Bonchev–Trinajstić information content (AvgIpc) is 2.48. The third-order valence-corrected chi connectivity index (χ3v) is 2.83. The summed E-state index contributed by atoms with van der Waals surface area (Å²) in [6, 6.07) is 5.45. The highest BCUT2D eigenvalue weighted by Gasteiger charge is 2.20. The lowest BCUT2D eigenvalue weighted by Crippen LogP contribution is -2.33. The van der Waals surface area contributed by atoms with Gasteiger partial charge in [-0.2, -0.15) is 0 Å². The largest absolute Gasteiger partial charge is 0.465 e. The molecule has 0 heterocycles. The fraction of sp³-hybridized carbons (Fsp3) is 0.556. The van der Waals surface area contributed by atoms with Crippen molar-refractivity contribution in [3.8, 4) is 0 Å². The molecule has 0 saturated carbocycles. The molecule has 0 saturated heterocycles. The second-order valence-corrected chi connectivity index (χ2v) is 5.98. The van der Waals surface area contributed by atoms with Crippen LogP contribution in [0.15, 0.2) is 18.2 Å². The van der Waals surface area contributed by atoms with Gasteiger partial charge in [0.2, 0.25) is 0 Å². The number of benzene rings is 1. The Labute approximate surface area is 139 Å². The van der Waals surface area contributed by atoms with Gasteiger partial charge in [-0.3, -0.25) is 0 Å². The predicted octanol–water partition coefficient (Wildman–Crippen LogP) is 4.17. The van der Waals surface area contributed by atoms with E-state index in [4.69, 9.17) is 9.47 Å². The lowest BCUT2D eigenvalue weighted by Gasteiger charge is -2.24. The van der Waals surface area contributed by atoms with E-state index in [1.165, 1.54) is 12.0 Å². The number of rotatable bonds is 3. The van der Waals surface area contributed by atoms with E-state index in [1.807, 2.05) is 53.7 Å². The number of hydrogen-bond donors (Lipinski definition) is 0. The maximum atomic E-state index is 11.9. The van der Waals surface area contributed by atoms with Crippen LogP contribution in [0.3, 0.4) is 0 Å². The van der Waals surface area contributed by atoms with E-state index in [1.54, 1.807) is 13.1 Å². The van der Waals surface area contributed by atoms with Crippen LogP contribution in [0, 0.1) is 6.92 Å². The van der Waals surface area contributed by atoms with E-state index < -0.39 is 11.7 Å². The Morgan fingerprint density at radius 1 is 1.17 bits per heavy atom. The summed E-state index contributed by atoms with van der Waals surface area (Å²) >= 11 is 0. The average molecular weight is 323 g/mol. The highest BCUT2D eigenvalue weighted by atomic mass is 16.6. The molecule has 5 nitrogen and oxygen atoms in total. The molecule has 1 aromatic rings. The van der Waals surface area contributed by atoms with Crippen LogP contribution in [0.1, 0.15) is 56.1 Å². The summed E-state index contributed by atoms with van der Waals surface area (Å²) in [5.74, 6) is -0.380. The van der Waals surface area contributed by atoms with Gasteiger partial charge in [0.1, 0.15) is 5.60 Å². The van der Waals surface area contributed by atoms with Gasteiger partial charge in [-0.1, -0.05) is 26.0 Å². The van der Waals surface area contributed by atoms with Crippen LogP contribution in [0.2, 0.25) is 0 Å². The molecule has 23 heavy (non-hydrogen) atoms. The van der Waals surface area contributed by atoms with Crippen LogP contribution in [0.5, 0.6) is 0 Å². The molecule has 0 aromatic heterocycles. The molecule has 0 bridgehead atoms. The van der Waals surface area contributed by atoms with E-state index in [-0.39, 0.29) is 5.97 Å². The van der Waals surface area contributed by atoms with Gasteiger partial charge in [0.25, 0.3) is 0 Å². The molecule has 5 heteroatoms. The Morgan fingerprint density at radius 3 is 2.22 bits per heavy atom. The Morgan fingerprint density at radius 2 is 1.74 bits per heavy atom. The van der Waals surface area contributed by atoms with Crippen molar-refractivity contribution in [2.24, 2.45) is 0 Å². The lowest BCUT2D eigenvalue weighted by atomic mass is 10.0. The van der Waals surface area contributed by atoms with Crippen molar-refractivity contribution in [3.05, 3.63) is 34.9 Å². The van der Waals surface area contributed by atoms with Crippen molar-refractivity contribution in [2.45, 2.75) is 53.7 Å². The van der Waals surface area contributed by atoms with E-state index in [9.17, 15) is 9.59 Å². The Kier molecular flexibility index (Phi) is 8.36. The Hall–Kier alpha value is -2.04. The number of methoxy groups -OCH3 is 1. The fourth-order valence-electron chi connectivity index (χ4n) is 1.78. The topological polar surface area (TPSA) is 55.8 Å². The molecule has 0 unspecified atom stereocenters. The molecule has 0 aliphatic carbocycles. The normalized spacial score (nSPS) is 10.3. The van der Waals surface area contributed by atoms with Crippen LogP contribution in [0.25, 0.3) is 0 Å². The highest BCUT2D eigenvalue weighted by Crippen LogP contribution is 2.15. The number of nitrogens with zero attached hydrogens (tertiary/aromatic N) is 1. The molecular formula is C18H29NO4. The minimum atomic E-state index is -0.532. The first-order chi connectivity index (χ1) is 10.6. The van der Waals surface area contributed by atoms with Crippen molar-refractivity contribution in [1.29, 1.82) is 0 Å². The molecule has 0 fully saturated rings. The zero-order valence-electron chi connectivity index (χ0n) is 15.5. The van der Waals surface area contributed by atoms with Crippen molar-refractivity contribution in [1.82, 2.24) is 4.90 Å². The maximum Gasteiger partial charge on any atom is 0.410 e. The van der Waals surface area contributed by atoms with Gasteiger partial charge in [-0.05, 0) is 44.9 Å². The molecule has 0 spiro atoms. The van der Waals surface area contributed by atoms with Gasteiger partial charge in [0.05, 0.1) is 12.7 Å². The number of carbonyl (C=O) groups is 2. The molecule has 0 atom stereocenters. The quantitative estimate of drug-likeness (QED) is 0.783. The number of carbonyl (C=O) groups excluding carboxylic acids is 2. The van der Waals surface area contributed by atoms with Gasteiger partial charge >= 0.3 is 12.1 Å². The summed E-state index contributed by atoms with van der Waals surface area (Å²) in [6.07, 6.45) is -0.400. The first-order valence-electron chi connectivity index (χ1n) is 7.76. The summed E-state index contributed by atoms with van der Waals surface area (Å²) in [5, 5.41) is 0. The predicted molar refractivity (Wildman–Crippen MR) is 91.6 cm³/mol. The molecule has 1 aromatic carbocycles. The fourth-order valence-corrected chi connectivity index (χ4v) is 1.78. The van der Waals surface area contributed by atoms with Crippen LogP contribution in [0.4, 0.5) is 4.79 Å². The van der Waals surface area contributed by atoms with Crippen LogP contribution in [-0.4, -0.2) is 36.7 Å². The van der Waals surface area contributed by atoms with Gasteiger partial charge in [0, 0.05) is 13.6 Å². The number of aryl methyl sites for hydroxylation is 1. The van der Waals surface area contributed by atoms with Crippen LogP contribution >= 0.6 is 0 Å². The summed E-state index contributed by atoms with van der Waals surface area (Å²) in [7, 11) is 3.01. The smallest absolute Gasteiger partial charge is 0.410 e. The molecule has 130 valence electrons. The molecule has 0 aliphatic heterocycles. The third kappa shape index (κ3) is 7.17. The SMILES string of the molecule is CC.COC(=O)c1cc(CN(C)C(=O)OC(C)(C)C)ccc1C. The monoisotopic (exact) mass is 323 g/mol. The number of amides is 1. The summed E-state index contributed by atoms with van der Waals surface area (Å²) in [6.45, 7) is 11.7. The zero-order valence-corrected chi connectivity index (χ0v) is 15.5.